The second-order valence-corrected chi connectivity index (χ2v) is 5.08. The maximum atomic E-state index is 5.79. The van der Waals surface area contributed by atoms with Crippen LogP contribution in [0.15, 0.2) is 6.07 Å². The minimum Gasteiger partial charge on any atom is -0.378 e. The molecule has 0 radical (unpaired) electrons. The predicted molar refractivity (Wildman–Crippen MR) is 77.7 cm³/mol. The zero-order valence-corrected chi connectivity index (χ0v) is 12.6. The Labute approximate surface area is 120 Å². The molecule has 0 spiro atoms. The van der Waals surface area contributed by atoms with Gasteiger partial charge >= 0.3 is 0 Å². The van der Waals surface area contributed by atoms with Gasteiger partial charge in [-0.05, 0) is 13.5 Å². The van der Waals surface area contributed by atoms with Crippen molar-refractivity contribution in [2.45, 2.75) is 26.1 Å². The van der Waals surface area contributed by atoms with Crippen LogP contribution in [-0.4, -0.2) is 55.3 Å². The molecule has 0 amide bonds. The van der Waals surface area contributed by atoms with E-state index < -0.39 is 0 Å². The molecule has 1 aromatic heterocycles. The number of likely N-dealkylation sites (N-methyl/N-ethyl adjacent to an activating group) is 1. The lowest BCUT2D eigenvalue weighted by molar-refractivity contribution is -0.0256. The molecule has 0 aromatic carbocycles. The molecule has 112 valence electrons. The first-order valence-electron chi connectivity index (χ1n) is 7.13. The van der Waals surface area contributed by atoms with Crippen molar-refractivity contribution in [3.8, 4) is 0 Å². The van der Waals surface area contributed by atoms with Crippen molar-refractivity contribution in [3.05, 3.63) is 17.6 Å². The molecule has 6 nitrogen and oxygen atoms in total. The molecule has 1 unspecified atom stereocenters. The van der Waals surface area contributed by atoms with Crippen molar-refractivity contribution in [1.29, 1.82) is 0 Å². The summed E-state index contributed by atoms with van der Waals surface area (Å²) in [4.78, 5) is 11.4. The number of morpholine rings is 1. The minimum atomic E-state index is -0.0623. The molecule has 2 heterocycles. The summed E-state index contributed by atoms with van der Waals surface area (Å²) in [6.45, 7) is 6.01. The highest BCUT2D eigenvalue weighted by Crippen LogP contribution is 2.20. The standard InChI is InChI=1S/C14H24N4O2/c1-4-5-15-13-8-11(10-19-3)16-14(17-13)12-9-18(2)6-7-20-12/h8,12H,4-7,9-10H2,1-3H3,(H,15,16,17). The summed E-state index contributed by atoms with van der Waals surface area (Å²) in [5.41, 5.74) is 0.882. The Morgan fingerprint density at radius 2 is 2.35 bits per heavy atom. The molecule has 1 aliphatic heterocycles. The highest BCUT2D eigenvalue weighted by molar-refractivity contribution is 5.36. The van der Waals surface area contributed by atoms with E-state index in [-0.39, 0.29) is 6.10 Å². The number of nitrogens with one attached hydrogen (secondary N) is 1. The third-order valence-corrected chi connectivity index (χ3v) is 3.20. The molecule has 0 saturated carbocycles. The first kappa shape index (κ1) is 15.2. The molecule has 20 heavy (non-hydrogen) atoms. The lowest BCUT2D eigenvalue weighted by Gasteiger charge is -2.29. The minimum absolute atomic E-state index is 0.0623. The number of hydrogen-bond acceptors (Lipinski definition) is 6. The molecule has 2 rings (SSSR count). The maximum absolute atomic E-state index is 5.79. The van der Waals surface area contributed by atoms with Crippen LogP contribution in [0.25, 0.3) is 0 Å². The fourth-order valence-corrected chi connectivity index (χ4v) is 2.16. The number of rotatable bonds is 6. The summed E-state index contributed by atoms with van der Waals surface area (Å²) >= 11 is 0. The van der Waals surface area contributed by atoms with Gasteiger partial charge in [0.05, 0.1) is 18.9 Å². The summed E-state index contributed by atoms with van der Waals surface area (Å²) in [6.07, 6.45) is 0.995. The highest BCUT2D eigenvalue weighted by Gasteiger charge is 2.23. The molecular weight excluding hydrogens is 256 g/mol. The van der Waals surface area contributed by atoms with E-state index >= 15 is 0 Å². The fraction of sp³-hybridized carbons (Fsp3) is 0.714. The number of nitrogens with zero attached hydrogens (tertiary/aromatic N) is 3. The fourth-order valence-electron chi connectivity index (χ4n) is 2.16. The molecule has 1 saturated heterocycles. The normalized spacial score (nSPS) is 20.1. The van der Waals surface area contributed by atoms with Gasteiger partial charge in [0.1, 0.15) is 11.9 Å². The molecular formula is C14H24N4O2. The lowest BCUT2D eigenvalue weighted by Crippen LogP contribution is -2.36. The van der Waals surface area contributed by atoms with Crippen molar-refractivity contribution < 1.29 is 9.47 Å². The molecule has 1 aromatic rings. The Morgan fingerprint density at radius 3 is 3.05 bits per heavy atom. The zero-order valence-electron chi connectivity index (χ0n) is 12.6. The number of anilines is 1. The van der Waals surface area contributed by atoms with Crippen LogP contribution in [0.4, 0.5) is 5.82 Å². The van der Waals surface area contributed by atoms with E-state index in [4.69, 9.17) is 9.47 Å². The van der Waals surface area contributed by atoms with Crippen molar-refractivity contribution >= 4 is 5.82 Å². The summed E-state index contributed by atoms with van der Waals surface area (Å²) in [5.74, 6) is 1.59. The van der Waals surface area contributed by atoms with Gasteiger partial charge in [-0.25, -0.2) is 9.97 Å². The van der Waals surface area contributed by atoms with E-state index in [9.17, 15) is 0 Å². The van der Waals surface area contributed by atoms with Gasteiger partial charge in [0.25, 0.3) is 0 Å². The summed E-state index contributed by atoms with van der Waals surface area (Å²) in [5, 5.41) is 3.31. The zero-order chi connectivity index (χ0) is 14.4. The first-order valence-corrected chi connectivity index (χ1v) is 7.13. The van der Waals surface area contributed by atoms with Gasteiger partial charge in [-0.15, -0.1) is 0 Å². The van der Waals surface area contributed by atoms with Crippen LogP contribution in [0.1, 0.15) is 31.0 Å². The van der Waals surface area contributed by atoms with Gasteiger partial charge in [0.2, 0.25) is 0 Å². The SMILES string of the molecule is CCCNc1cc(COC)nc(C2CN(C)CCO2)n1. The third kappa shape index (κ3) is 4.13. The smallest absolute Gasteiger partial charge is 0.161 e. The predicted octanol–water partition coefficient (Wildman–Crippen LogP) is 1.45. The van der Waals surface area contributed by atoms with Crippen LogP contribution in [0.5, 0.6) is 0 Å². The van der Waals surface area contributed by atoms with Crippen molar-refractivity contribution in [3.63, 3.8) is 0 Å². The molecule has 6 heteroatoms. The van der Waals surface area contributed by atoms with Crippen LogP contribution < -0.4 is 5.32 Å². The first-order chi connectivity index (χ1) is 9.72. The second-order valence-electron chi connectivity index (χ2n) is 5.08. The Balaban J connectivity index is 2.18. The lowest BCUT2D eigenvalue weighted by atomic mass is 10.2. The Kier molecular flexibility index (Phi) is 5.70. The van der Waals surface area contributed by atoms with Gasteiger partial charge in [-0.1, -0.05) is 6.92 Å². The average molecular weight is 280 g/mol. The molecule has 1 aliphatic rings. The molecule has 0 aliphatic carbocycles. The Hall–Kier alpha value is -1.24. The average Bonchev–Trinajstić information content (AvgIpc) is 2.45. The molecule has 0 bridgehead atoms. The summed E-state index contributed by atoms with van der Waals surface area (Å²) in [7, 11) is 3.76. The highest BCUT2D eigenvalue weighted by atomic mass is 16.5. The van der Waals surface area contributed by atoms with Gasteiger partial charge in [0.15, 0.2) is 5.82 Å². The quantitative estimate of drug-likeness (QED) is 0.851. The van der Waals surface area contributed by atoms with E-state index in [1.54, 1.807) is 7.11 Å². The van der Waals surface area contributed by atoms with Crippen molar-refractivity contribution in [1.82, 2.24) is 14.9 Å². The Morgan fingerprint density at radius 1 is 1.50 bits per heavy atom. The van der Waals surface area contributed by atoms with Gasteiger partial charge in [-0.2, -0.15) is 0 Å². The van der Waals surface area contributed by atoms with Gasteiger partial charge in [-0.3, -0.25) is 0 Å². The third-order valence-electron chi connectivity index (χ3n) is 3.20. The van der Waals surface area contributed by atoms with Gasteiger partial charge < -0.3 is 19.7 Å². The summed E-state index contributed by atoms with van der Waals surface area (Å²) < 4.78 is 11.0. The molecule has 1 fully saturated rings. The van der Waals surface area contributed by atoms with E-state index in [1.165, 1.54) is 0 Å². The van der Waals surface area contributed by atoms with Crippen LogP contribution in [-0.2, 0) is 16.1 Å². The van der Waals surface area contributed by atoms with E-state index in [1.807, 2.05) is 6.07 Å². The topological polar surface area (TPSA) is 59.5 Å². The number of methoxy groups -OCH3 is 1. The van der Waals surface area contributed by atoms with Gasteiger partial charge in [0, 0.05) is 32.8 Å². The van der Waals surface area contributed by atoms with E-state index in [0.29, 0.717) is 6.61 Å². The van der Waals surface area contributed by atoms with Crippen molar-refractivity contribution in [2.75, 3.05) is 45.7 Å². The molecule has 1 atom stereocenters. The van der Waals surface area contributed by atoms with Crippen LogP contribution in [0, 0.1) is 0 Å². The maximum Gasteiger partial charge on any atom is 0.161 e. The number of ether oxygens (including phenoxy) is 2. The monoisotopic (exact) mass is 280 g/mol. The van der Waals surface area contributed by atoms with Crippen LogP contribution in [0.3, 0.4) is 0 Å². The van der Waals surface area contributed by atoms with Crippen LogP contribution >= 0.6 is 0 Å². The van der Waals surface area contributed by atoms with Crippen LogP contribution in [0.2, 0.25) is 0 Å². The number of hydrogen-bond donors (Lipinski definition) is 1. The van der Waals surface area contributed by atoms with E-state index in [0.717, 1.165) is 50.0 Å². The summed E-state index contributed by atoms with van der Waals surface area (Å²) in [6, 6.07) is 1.94. The number of aromatic nitrogens is 2. The van der Waals surface area contributed by atoms with Crippen molar-refractivity contribution in [2.24, 2.45) is 0 Å². The largest absolute Gasteiger partial charge is 0.378 e. The van der Waals surface area contributed by atoms with E-state index in [2.05, 4.69) is 34.2 Å². The molecule has 1 N–H and O–H groups in total. The Bertz CT molecular complexity index is 428. The second kappa shape index (κ2) is 7.52.